The summed E-state index contributed by atoms with van der Waals surface area (Å²) in [5.74, 6) is 1.81. The van der Waals surface area contributed by atoms with Crippen molar-refractivity contribution in [2.45, 2.75) is 33.2 Å². The Morgan fingerprint density at radius 1 is 1.20 bits per heavy atom. The summed E-state index contributed by atoms with van der Waals surface area (Å²) in [4.78, 5) is 4.57. The molecule has 25 heavy (non-hydrogen) atoms. The highest BCUT2D eigenvalue weighted by Gasteiger charge is 2.03. The molecule has 2 N–H and O–H groups in total. The molecule has 1 aromatic heterocycles. The van der Waals surface area contributed by atoms with Gasteiger partial charge >= 0.3 is 0 Å². The van der Waals surface area contributed by atoms with Gasteiger partial charge in [0.05, 0.1) is 6.54 Å². The van der Waals surface area contributed by atoms with Crippen molar-refractivity contribution in [2.24, 2.45) is 4.99 Å². The average molecular weight is 340 g/mol. The largest absolute Gasteiger partial charge is 0.356 e. The van der Waals surface area contributed by atoms with Gasteiger partial charge in [-0.05, 0) is 18.9 Å². The predicted molar refractivity (Wildman–Crippen MR) is 103 cm³/mol. The fourth-order valence-corrected chi connectivity index (χ4v) is 2.39. The molecule has 1 aromatic carbocycles. The van der Waals surface area contributed by atoms with Crippen LogP contribution in [-0.2, 0) is 19.4 Å². The first-order chi connectivity index (χ1) is 12.2. The average Bonchev–Trinajstić information content (AvgIpc) is 3.07. The molecule has 0 aliphatic rings. The standard InChI is InChI=1S/C19H28N6/c1-4-18-24-23-15-25(18)13-12-21-19(22-14-16(2)3)20-11-10-17-8-6-5-7-9-17/h5-9,15H,2,4,10-14H2,1,3H3,(H2,20,21,22). The van der Waals surface area contributed by atoms with E-state index in [1.807, 2.05) is 13.0 Å². The van der Waals surface area contributed by atoms with Gasteiger partial charge in [0.15, 0.2) is 5.96 Å². The zero-order valence-electron chi connectivity index (χ0n) is 15.2. The van der Waals surface area contributed by atoms with E-state index in [1.165, 1.54) is 5.56 Å². The van der Waals surface area contributed by atoms with Crippen molar-refractivity contribution in [3.05, 3.63) is 60.2 Å². The Bertz CT molecular complexity index is 674. The van der Waals surface area contributed by atoms with Crippen LogP contribution in [0.2, 0.25) is 0 Å². The number of aromatic nitrogens is 3. The molecule has 0 bridgehead atoms. The van der Waals surface area contributed by atoms with Gasteiger partial charge in [-0.3, -0.25) is 0 Å². The van der Waals surface area contributed by atoms with Crippen LogP contribution < -0.4 is 10.6 Å². The minimum atomic E-state index is 0.619. The van der Waals surface area contributed by atoms with Gasteiger partial charge in [0, 0.05) is 26.1 Å². The number of nitrogens with one attached hydrogen (secondary N) is 2. The minimum absolute atomic E-state index is 0.619. The topological polar surface area (TPSA) is 67.1 Å². The van der Waals surface area contributed by atoms with Gasteiger partial charge in [-0.1, -0.05) is 49.4 Å². The second kappa shape index (κ2) is 10.3. The van der Waals surface area contributed by atoms with Crippen molar-refractivity contribution in [1.29, 1.82) is 0 Å². The molecular weight excluding hydrogens is 312 g/mol. The number of guanidine groups is 1. The Labute approximate surface area is 150 Å². The van der Waals surface area contributed by atoms with Crippen LogP contribution in [0.3, 0.4) is 0 Å². The van der Waals surface area contributed by atoms with Crippen molar-refractivity contribution >= 4 is 5.96 Å². The molecule has 0 unspecified atom stereocenters. The third-order valence-electron chi connectivity index (χ3n) is 3.71. The number of nitrogens with zero attached hydrogens (tertiary/aromatic N) is 4. The Hall–Kier alpha value is -2.63. The SMILES string of the molecule is C=C(C)CN=C(NCCc1ccccc1)NCCn1cnnc1CC. The van der Waals surface area contributed by atoms with E-state index < -0.39 is 0 Å². The first kappa shape index (κ1) is 18.7. The maximum absolute atomic E-state index is 4.57. The van der Waals surface area contributed by atoms with Crippen LogP contribution in [0.1, 0.15) is 25.2 Å². The van der Waals surface area contributed by atoms with Crippen molar-refractivity contribution in [2.75, 3.05) is 19.6 Å². The van der Waals surface area contributed by atoms with Gasteiger partial charge in [0.1, 0.15) is 12.2 Å². The summed E-state index contributed by atoms with van der Waals surface area (Å²) in [5.41, 5.74) is 2.35. The van der Waals surface area contributed by atoms with Gasteiger partial charge in [-0.2, -0.15) is 0 Å². The number of benzene rings is 1. The van der Waals surface area contributed by atoms with E-state index in [1.54, 1.807) is 6.33 Å². The lowest BCUT2D eigenvalue weighted by Gasteiger charge is -2.13. The van der Waals surface area contributed by atoms with E-state index >= 15 is 0 Å². The zero-order valence-corrected chi connectivity index (χ0v) is 15.2. The molecule has 0 fully saturated rings. The van der Waals surface area contributed by atoms with Gasteiger partial charge in [0.25, 0.3) is 0 Å². The third kappa shape index (κ3) is 6.79. The summed E-state index contributed by atoms with van der Waals surface area (Å²) in [6.07, 6.45) is 3.61. The lowest BCUT2D eigenvalue weighted by atomic mass is 10.1. The Balaban J connectivity index is 1.82. The van der Waals surface area contributed by atoms with E-state index in [9.17, 15) is 0 Å². The predicted octanol–water partition coefficient (Wildman–Crippen LogP) is 2.19. The number of hydrogen-bond acceptors (Lipinski definition) is 3. The molecule has 2 rings (SSSR count). The van der Waals surface area contributed by atoms with Crippen LogP contribution in [0.4, 0.5) is 0 Å². The van der Waals surface area contributed by atoms with Gasteiger partial charge in [-0.25, -0.2) is 4.99 Å². The molecule has 0 atom stereocenters. The summed E-state index contributed by atoms with van der Waals surface area (Å²) >= 11 is 0. The molecule has 2 aromatic rings. The normalized spacial score (nSPS) is 11.4. The molecule has 6 nitrogen and oxygen atoms in total. The Morgan fingerprint density at radius 3 is 2.68 bits per heavy atom. The number of aryl methyl sites for hydroxylation is 1. The molecule has 0 amide bonds. The highest BCUT2D eigenvalue weighted by Crippen LogP contribution is 1.98. The summed E-state index contributed by atoms with van der Waals surface area (Å²) < 4.78 is 2.06. The molecule has 0 radical (unpaired) electrons. The molecule has 0 aliphatic carbocycles. The molecule has 0 aliphatic heterocycles. The monoisotopic (exact) mass is 340 g/mol. The quantitative estimate of drug-likeness (QED) is 0.417. The van der Waals surface area contributed by atoms with Crippen LogP contribution >= 0.6 is 0 Å². The summed E-state index contributed by atoms with van der Waals surface area (Å²) in [6.45, 7) is 11.0. The minimum Gasteiger partial charge on any atom is -0.356 e. The third-order valence-corrected chi connectivity index (χ3v) is 3.71. The molecule has 0 spiro atoms. The van der Waals surface area contributed by atoms with Crippen molar-refractivity contribution in [1.82, 2.24) is 25.4 Å². The van der Waals surface area contributed by atoms with Crippen LogP contribution in [0, 0.1) is 0 Å². The van der Waals surface area contributed by atoms with Crippen molar-refractivity contribution in [3.8, 4) is 0 Å². The van der Waals surface area contributed by atoms with Gasteiger partial charge < -0.3 is 15.2 Å². The zero-order chi connectivity index (χ0) is 17.9. The fourth-order valence-electron chi connectivity index (χ4n) is 2.39. The molecule has 1 heterocycles. The van der Waals surface area contributed by atoms with Crippen molar-refractivity contribution < 1.29 is 0 Å². The number of hydrogen-bond donors (Lipinski definition) is 2. The second-order valence-electron chi connectivity index (χ2n) is 6.01. The van der Waals surface area contributed by atoms with E-state index in [-0.39, 0.29) is 0 Å². The van der Waals surface area contributed by atoms with E-state index in [0.29, 0.717) is 6.54 Å². The highest BCUT2D eigenvalue weighted by atomic mass is 15.3. The van der Waals surface area contributed by atoms with Gasteiger partial charge in [-0.15, -0.1) is 10.2 Å². The first-order valence-electron chi connectivity index (χ1n) is 8.76. The van der Waals surface area contributed by atoms with E-state index in [2.05, 4.69) is 68.2 Å². The summed E-state index contributed by atoms with van der Waals surface area (Å²) in [6, 6.07) is 10.4. The smallest absolute Gasteiger partial charge is 0.191 e. The molecular formula is C19H28N6. The maximum Gasteiger partial charge on any atom is 0.191 e. The molecule has 6 heteroatoms. The summed E-state index contributed by atoms with van der Waals surface area (Å²) in [7, 11) is 0. The Kier molecular flexibility index (Phi) is 7.69. The first-order valence-corrected chi connectivity index (χ1v) is 8.76. The second-order valence-corrected chi connectivity index (χ2v) is 6.01. The number of aliphatic imine (C=N–C) groups is 1. The van der Waals surface area contributed by atoms with Crippen LogP contribution in [0.15, 0.2) is 53.8 Å². The van der Waals surface area contributed by atoms with Gasteiger partial charge in [0.2, 0.25) is 0 Å². The molecule has 0 saturated heterocycles. The van der Waals surface area contributed by atoms with Crippen LogP contribution in [0.5, 0.6) is 0 Å². The summed E-state index contributed by atoms with van der Waals surface area (Å²) in [5, 5.41) is 14.8. The van der Waals surface area contributed by atoms with Crippen LogP contribution in [0.25, 0.3) is 0 Å². The fraction of sp³-hybridized carbons (Fsp3) is 0.421. The van der Waals surface area contributed by atoms with E-state index in [4.69, 9.17) is 0 Å². The lowest BCUT2D eigenvalue weighted by Crippen LogP contribution is -2.40. The number of rotatable bonds is 9. The molecule has 0 saturated carbocycles. The van der Waals surface area contributed by atoms with Crippen molar-refractivity contribution in [3.63, 3.8) is 0 Å². The maximum atomic E-state index is 4.57. The van der Waals surface area contributed by atoms with E-state index in [0.717, 1.165) is 49.8 Å². The molecule has 134 valence electrons. The highest BCUT2D eigenvalue weighted by molar-refractivity contribution is 5.79. The lowest BCUT2D eigenvalue weighted by molar-refractivity contribution is 0.632. The Morgan fingerprint density at radius 2 is 1.96 bits per heavy atom. The van der Waals surface area contributed by atoms with Crippen LogP contribution in [-0.4, -0.2) is 40.4 Å².